The molecule has 0 unspecified atom stereocenters. The lowest BCUT2D eigenvalue weighted by Crippen LogP contribution is -2.40. The molecule has 0 heterocycles. The van der Waals surface area contributed by atoms with Crippen LogP contribution in [0.3, 0.4) is 0 Å². The third kappa shape index (κ3) is 3.67. The molecule has 2 saturated carbocycles. The Bertz CT molecular complexity index is 724. The van der Waals surface area contributed by atoms with Crippen molar-refractivity contribution in [2.75, 3.05) is 0 Å². The van der Waals surface area contributed by atoms with Crippen LogP contribution in [0.5, 0.6) is 0 Å². The Hall–Kier alpha value is -1.37. The number of benzene rings is 2. The van der Waals surface area contributed by atoms with Crippen molar-refractivity contribution < 1.29 is 9.67 Å². The molecule has 3 atom stereocenters. The molecule has 2 aromatic carbocycles. The van der Waals surface area contributed by atoms with Gasteiger partial charge in [-0.1, -0.05) is 86.3 Å². The van der Waals surface area contributed by atoms with E-state index in [1.807, 2.05) is 60.7 Å². The summed E-state index contributed by atoms with van der Waals surface area (Å²) in [5.74, 6) is 0.599. The fourth-order valence-electron chi connectivity index (χ4n) is 5.55. The summed E-state index contributed by atoms with van der Waals surface area (Å²) in [6.45, 7) is 0. The molecule has 2 aliphatic rings. The quantitative estimate of drug-likeness (QED) is 0.730. The third-order valence-corrected chi connectivity index (χ3v) is 10.6. The molecule has 0 radical (unpaired) electrons. The summed E-state index contributed by atoms with van der Waals surface area (Å²) in [5, 5.41) is 12.8. The molecule has 2 aliphatic carbocycles. The molecular formula is C24H31O2P. The summed E-state index contributed by atoms with van der Waals surface area (Å²) in [6, 6.07) is 20.2. The first-order chi connectivity index (χ1) is 13.2. The van der Waals surface area contributed by atoms with Crippen LogP contribution in [0.15, 0.2) is 60.7 Å². The van der Waals surface area contributed by atoms with E-state index in [4.69, 9.17) is 0 Å². The van der Waals surface area contributed by atoms with Gasteiger partial charge >= 0.3 is 0 Å². The van der Waals surface area contributed by atoms with Gasteiger partial charge in [-0.05, 0) is 37.5 Å². The topological polar surface area (TPSA) is 37.3 Å². The lowest BCUT2D eigenvalue weighted by molar-refractivity contribution is 0.114. The van der Waals surface area contributed by atoms with Crippen molar-refractivity contribution in [1.82, 2.24) is 0 Å². The smallest absolute Gasteiger partial charge is 0.146 e. The first-order valence-corrected chi connectivity index (χ1v) is 12.4. The van der Waals surface area contributed by atoms with E-state index in [9.17, 15) is 5.11 Å². The second-order valence-electron chi connectivity index (χ2n) is 8.38. The zero-order valence-electron chi connectivity index (χ0n) is 16.0. The van der Waals surface area contributed by atoms with Crippen LogP contribution in [0.4, 0.5) is 0 Å². The highest BCUT2D eigenvalue weighted by Gasteiger charge is 2.48. The molecule has 0 aromatic heterocycles. The standard InChI is InChI=1S/C24H31O2P/c25-23-18-10-17-22(23)24(19-11-4-1-5-12-19)27(26,20-13-6-2-7-14-20)21-15-8-3-9-16-21/h2-3,6-9,13-16,19,22-25H,1,4-5,10-12,17-18H2/t22-,23+,24+/m1/s1. The van der Waals surface area contributed by atoms with E-state index < -0.39 is 7.14 Å². The van der Waals surface area contributed by atoms with E-state index in [-0.39, 0.29) is 17.7 Å². The minimum atomic E-state index is -2.85. The van der Waals surface area contributed by atoms with Crippen LogP contribution in [0.2, 0.25) is 0 Å². The van der Waals surface area contributed by atoms with Crippen LogP contribution in [0.1, 0.15) is 51.4 Å². The Kier molecular flexibility index (Phi) is 5.85. The van der Waals surface area contributed by atoms with Crippen molar-refractivity contribution >= 4 is 17.8 Å². The van der Waals surface area contributed by atoms with E-state index in [0.717, 1.165) is 42.7 Å². The molecule has 0 bridgehead atoms. The lowest BCUT2D eigenvalue weighted by atomic mass is 9.81. The Balaban J connectivity index is 1.87. The number of hydrogen-bond donors (Lipinski definition) is 1. The molecule has 27 heavy (non-hydrogen) atoms. The summed E-state index contributed by atoms with van der Waals surface area (Å²) < 4.78 is 15.0. The fourth-order valence-corrected chi connectivity index (χ4v) is 9.55. The maximum atomic E-state index is 15.0. The summed E-state index contributed by atoms with van der Waals surface area (Å²) in [5.41, 5.74) is 0.0556. The number of hydrogen-bond acceptors (Lipinski definition) is 2. The van der Waals surface area contributed by atoms with Crippen molar-refractivity contribution in [2.24, 2.45) is 11.8 Å². The molecule has 0 saturated heterocycles. The van der Waals surface area contributed by atoms with Gasteiger partial charge in [-0.2, -0.15) is 0 Å². The average Bonchev–Trinajstić information content (AvgIpc) is 3.15. The average molecular weight is 382 g/mol. The van der Waals surface area contributed by atoms with Gasteiger partial charge in [0.25, 0.3) is 0 Å². The maximum Gasteiger partial charge on any atom is 0.146 e. The molecule has 144 valence electrons. The first-order valence-electron chi connectivity index (χ1n) is 10.6. The van der Waals surface area contributed by atoms with Crippen LogP contribution in [0, 0.1) is 11.8 Å². The largest absolute Gasteiger partial charge is 0.393 e. The number of aliphatic hydroxyl groups is 1. The van der Waals surface area contributed by atoms with Gasteiger partial charge in [0.2, 0.25) is 0 Å². The number of aliphatic hydroxyl groups excluding tert-OH is 1. The van der Waals surface area contributed by atoms with Crippen molar-refractivity contribution in [2.45, 2.75) is 63.1 Å². The predicted molar refractivity (Wildman–Crippen MR) is 113 cm³/mol. The van der Waals surface area contributed by atoms with Gasteiger partial charge in [-0.3, -0.25) is 0 Å². The van der Waals surface area contributed by atoms with Crippen LogP contribution in [0.25, 0.3) is 0 Å². The van der Waals surface area contributed by atoms with Crippen LogP contribution in [-0.4, -0.2) is 16.9 Å². The molecular weight excluding hydrogens is 351 g/mol. The third-order valence-electron chi connectivity index (χ3n) is 6.80. The molecule has 2 fully saturated rings. The number of rotatable bonds is 5. The van der Waals surface area contributed by atoms with Gasteiger partial charge in [0.05, 0.1) is 6.10 Å². The van der Waals surface area contributed by atoms with Gasteiger partial charge < -0.3 is 9.67 Å². The SMILES string of the molecule is O=P(c1ccccc1)(c1ccccc1)[C@@H](C1CCCCC1)[C@@H]1CCC[C@@H]1O. The van der Waals surface area contributed by atoms with E-state index in [0.29, 0.717) is 5.92 Å². The molecule has 2 nitrogen and oxygen atoms in total. The Labute approximate surface area is 163 Å². The maximum absolute atomic E-state index is 15.0. The van der Waals surface area contributed by atoms with Crippen LogP contribution < -0.4 is 10.6 Å². The van der Waals surface area contributed by atoms with Gasteiger partial charge in [-0.15, -0.1) is 0 Å². The predicted octanol–water partition coefficient (Wildman–Crippen LogP) is 5.11. The molecule has 4 rings (SSSR count). The van der Waals surface area contributed by atoms with Crippen LogP contribution >= 0.6 is 7.14 Å². The van der Waals surface area contributed by atoms with Crippen molar-refractivity contribution in [3.63, 3.8) is 0 Å². The Morgan fingerprint density at radius 3 is 1.78 bits per heavy atom. The summed E-state index contributed by atoms with van der Waals surface area (Å²) in [7, 11) is -2.85. The highest BCUT2D eigenvalue weighted by Crippen LogP contribution is 2.59. The second kappa shape index (κ2) is 8.33. The highest BCUT2D eigenvalue weighted by molar-refractivity contribution is 7.79. The summed E-state index contributed by atoms with van der Waals surface area (Å²) in [4.78, 5) is 0. The highest BCUT2D eigenvalue weighted by atomic mass is 31.2. The van der Waals surface area contributed by atoms with Gasteiger partial charge in [-0.25, -0.2) is 0 Å². The molecule has 0 aliphatic heterocycles. The summed E-state index contributed by atoms with van der Waals surface area (Å²) >= 11 is 0. The second-order valence-corrected chi connectivity index (χ2v) is 11.3. The van der Waals surface area contributed by atoms with E-state index in [2.05, 4.69) is 0 Å². The van der Waals surface area contributed by atoms with Crippen molar-refractivity contribution in [3.05, 3.63) is 60.7 Å². The van der Waals surface area contributed by atoms with Crippen molar-refractivity contribution in [3.8, 4) is 0 Å². The van der Waals surface area contributed by atoms with Gasteiger partial charge in [0.15, 0.2) is 0 Å². The molecule has 0 amide bonds. The normalized spacial score (nSPS) is 25.4. The van der Waals surface area contributed by atoms with E-state index in [1.165, 1.54) is 19.3 Å². The Morgan fingerprint density at radius 1 is 0.741 bits per heavy atom. The molecule has 3 heteroatoms. The summed E-state index contributed by atoms with van der Waals surface area (Å²) in [6.07, 6.45) is 8.66. The molecule has 0 spiro atoms. The van der Waals surface area contributed by atoms with Crippen molar-refractivity contribution in [1.29, 1.82) is 0 Å². The fraction of sp³-hybridized carbons (Fsp3) is 0.500. The molecule has 2 aromatic rings. The van der Waals surface area contributed by atoms with Gasteiger partial charge in [0, 0.05) is 16.3 Å². The minimum Gasteiger partial charge on any atom is -0.393 e. The van der Waals surface area contributed by atoms with E-state index in [1.54, 1.807) is 0 Å². The zero-order valence-corrected chi connectivity index (χ0v) is 16.9. The minimum absolute atomic E-state index is 0.0556. The molecule has 1 N–H and O–H groups in total. The Morgan fingerprint density at radius 2 is 1.30 bits per heavy atom. The zero-order chi connectivity index (χ0) is 18.7. The van der Waals surface area contributed by atoms with E-state index >= 15 is 4.57 Å². The van der Waals surface area contributed by atoms with Gasteiger partial charge in [0.1, 0.15) is 7.14 Å². The lowest BCUT2D eigenvalue weighted by Gasteiger charge is -2.41. The monoisotopic (exact) mass is 382 g/mol. The first kappa shape index (κ1) is 19.0. The van der Waals surface area contributed by atoms with Crippen LogP contribution in [-0.2, 0) is 4.57 Å².